The van der Waals surface area contributed by atoms with Crippen molar-refractivity contribution in [3.8, 4) is 0 Å². The minimum absolute atomic E-state index is 0.0353. The quantitative estimate of drug-likeness (QED) is 0.494. The highest BCUT2D eigenvalue weighted by atomic mass is 16.6. The van der Waals surface area contributed by atoms with E-state index in [1.165, 1.54) is 4.90 Å². The fourth-order valence-electron chi connectivity index (χ4n) is 1.84. The van der Waals surface area contributed by atoms with E-state index in [1.807, 2.05) is 13.8 Å². The van der Waals surface area contributed by atoms with Crippen LogP contribution in [0, 0.1) is 0 Å². The van der Waals surface area contributed by atoms with Crippen LogP contribution in [0.1, 0.15) is 33.1 Å². The summed E-state index contributed by atoms with van der Waals surface area (Å²) in [5.41, 5.74) is -0.108. The zero-order valence-corrected chi connectivity index (χ0v) is 8.58. The molecule has 0 aromatic rings. The summed E-state index contributed by atoms with van der Waals surface area (Å²) in [6, 6.07) is 0. The van der Waals surface area contributed by atoms with Crippen molar-refractivity contribution in [2.75, 3.05) is 6.54 Å². The molecule has 2 fully saturated rings. The van der Waals surface area contributed by atoms with Crippen molar-refractivity contribution in [2.24, 2.45) is 0 Å². The molecule has 0 aromatic carbocycles. The summed E-state index contributed by atoms with van der Waals surface area (Å²) in [6.07, 6.45) is 1.78. The smallest absolute Gasteiger partial charge is 0.229 e. The van der Waals surface area contributed by atoms with Crippen molar-refractivity contribution >= 4 is 11.8 Å². The molecule has 2 aliphatic rings. The van der Waals surface area contributed by atoms with Gasteiger partial charge in [0.05, 0.1) is 11.7 Å². The Labute approximate surface area is 83.2 Å². The molecule has 4 heteroatoms. The predicted molar refractivity (Wildman–Crippen MR) is 49.5 cm³/mol. The summed E-state index contributed by atoms with van der Waals surface area (Å²) in [4.78, 5) is 23.9. The Balaban J connectivity index is 1.86. The van der Waals surface area contributed by atoms with E-state index in [0.717, 1.165) is 6.42 Å². The molecule has 0 N–H and O–H groups in total. The summed E-state index contributed by atoms with van der Waals surface area (Å²) >= 11 is 0. The maximum absolute atomic E-state index is 11.3. The monoisotopic (exact) mass is 197 g/mol. The summed E-state index contributed by atoms with van der Waals surface area (Å²) in [5, 5.41) is 0. The molecule has 0 spiro atoms. The van der Waals surface area contributed by atoms with Crippen LogP contribution in [-0.2, 0) is 14.3 Å². The fourth-order valence-corrected chi connectivity index (χ4v) is 1.84. The molecule has 0 bridgehead atoms. The van der Waals surface area contributed by atoms with Gasteiger partial charge in [-0.2, -0.15) is 0 Å². The molecule has 0 aromatic heterocycles. The summed E-state index contributed by atoms with van der Waals surface area (Å²) in [5.74, 6) is -0.0705. The third kappa shape index (κ3) is 1.54. The van der Waals surface area contributed by atoms with Crippen LogP contribution in [0.4, 0.5) is 0 Å². The molecule has 2 aliphatic heterocycles. The second-order valence-electron chi connectivity index (χ2n) is 4.26. The van der Waals surface area contributed by atoms with Crippen LogP contribution < -0.4 is 0 Å². The molecule has 2 atom stereocenters. The average molecular weight is 197 g/mol. The minimum Gasteiger partial charge on any atom is -0.367 e. The molecule has 0 radical (unpaired) electrons. The van der Waals surface area contributed by atoms with Gasteiger partial charge in [0.1, 0.15) is 0 Å². The lowest BCUT2D eigenvalue weighted by Crippen LogP contribution is -2.32. The number of nitrogens with zero attached hydrogens (tertiary/aromatic N) is 1. The summed E-state index contributed by atoms with van der Waals surface area (Å²) < 4.78 is 5.39. The Morgan fingerprint density at radius 1 is 1.43 bits per heavy atom. The standard InChI is InChI=1S/C10H15NO3/c1-7-10(2,14-7)5-6-11-8(12)3-4-9(11)13/h7H,3-6H2,1-2H3. The van der Waals surface area contributed by atoms with E-state index in [9.17, 15) is 9.59 Å². The highest BCUT2D eigenvalue weighted by Crippen LogP contribution is 2.39. The first-order chi connectivity index (χ1) is 6.53. The van der Waals surface area contributed by atoms with E-state index >= 15 is 0 Å². The molecular formula is C10H15NO3. The topological polar surface area (TPSA) is 49.9 Å². The van der Waals surface area contributed by atoms with Crippen molar-refractivity contribution in [1.29, 1.82) is 0 Å². The molecule has 0 saturated carbocycles. The van der Waals surface area contributed by atoms with Gasteiger partial charge >= 0.3 is 0 Å². The lowest BCUT2D eigenvalue weighted by molar-refractivity contribution is -0.138. The van der Waals surface area contributed by atoms with E-state index in [0.29, 0.717) is 19.4 Å². The zero-order chi connectivity index (χ0) is 10.3. The van der Waals surface area contributed by atoms with E-state index in [4.69, 9.17) is 4.74 Å². The van der Waals surface area contributed by atoms with Crippen molar-refractivity contribution in [3.05, 3.63) is 0 Å². The maximum Gasteiger partial charge on any atom is 0.229 e. The zero-order valence-electron chi connectivity index (χ0n) is 8.58. The van der Waals surface area contributed by atoms with Crippen LogP contribution in [-0.4, -0.2) is 35.0 Å². The van der Waals surface area contributed by atoms with E-state index in [-0.39, 0.29) is 23.5 Å². The first-order valence-electron chi connectivity index (χ1n) is 5.04. The third-order valence-corrected chi connectivity index (χ3v) is 3.24. The Morgan fingerprint density at radius 3 is 2.36 bits per heavy atom. The van der Waals surface area contributed by atoms with Gasteiger partial charge < -0.3 is 4.74 Å². The number of carbonyl (C=O) groups is 2. The molecule has 2 saturated heterocycles. The number of ether oxygens (including phenoxy) is 1. The van der Waals surface area contributed by atoms with Gasteiger partial charge in [0.2, 0.25) is 11.8 Å². The number of carbonyl (C=O) groups excluding carboxylic acids is 2. The second kappa shape index (κ2) is 3.05. The van der Waals surface area contributed by atoms with Crippen LogP contribution >= 0.6 is 0 Å². The number of hydrogen-bond donors (Lipinski definition) is 0. The number of epoxide rings is 1. The van der Waals surface area contributed by atoms with Crippen molar-refractivity contribution in [1.82, 2.24) is 4.90 Å². The Kier molecular flexibility index (Phi) is 2.10. The normalized spacial score (nSPS) is 36.7. The lowest BCUT2D eigenvalue weighted by atomic mass is 10.0. The van der Waals surface area contributed by atoms with Crippen LogP contribution in [0.3, 0.4) is 0 Å². The highest BCUT2D eigenvalue weighted by molar-refractivity contribution is 6.01. The minimum atomic E-state index is -0.108. The molecule has 2 rings (SSSR count). The van der Waals surface area contributed by atoms with Gasteiger partial charge in [-0.1, -0.05) is 0 Å². The molecule has 2 heterocycles. The molecule has 2 unspecified atom stereocenters. The van der Waals surface area contributed by atoms with Crippen LogP contribution in [0.2, 0.25) is 0 Å². The molecule has 2 amide bonds. The second-order valence-corrected chi connectivity index (χ2v) is 4.26. The van der Waals surface area contributed by atoms with E-state index in [1.54, 1.807) is 0 Å². The Hall–Kier alpha value is -0.900. The van der Waals surface area contributed by atoms with Gasteiger partial charge in [0.15, 0.2) is 0 Å². The highest BCUT2D eigenvalue weighted by Gasteiger charge is 2.49. The lowest BCUT2D eigenvalue weighted by Gasteiger charge is -2.15. The van der Waals surface area contributed by atoms with Crippen molar-refractivity contribution in [2.45, 2.75) is 44.8 Å². The van der Waals surface area contributed by atoms with Crippen LogP contribution in [0.25, 0.3) is 0 Å². The van der Waals surface area contributed by atoms with Gasteiger partial charge in [-0.3, -0.25) is 14.5 Å². The Morgan fingerprint density at radius 2 is 1.93 bits per heavy atom. The van der Waals surface area contributed by atoms with Crippen LogP contribution in [0.15, 0.2) is 0 Å². The fraction of sp³-hybridized carbons (Fsp3) is 0.800. The van der Waals surface area contributed by atoms with E-state index < -0.39 is 0 Å². The number of likely N-dealkylation sites (tertiary alicyclic amines) is 1. The number of amides is 2. The van der Waals surface area contributed by atoms with Crippen LogP contribution in [0.5, 0.6) is 0 Å². The largest absolute Gasteiger partial charge is 0.367 e. The first kappa shape index (κ1) is 9.65. The number of imide groups is 1. The van der Waals surface area contributed by atoms with E-state index in [2.05, 4.69) is 0 Å². The third-order valence-electron chi connectivity index (χ3n) is 3.24. The summed E-state index contributed by atoms with van der Waals surface area (Å²) in [7, 11) is 0. The van der Waals surface area contributed by atoms with Gasteiger partial charge in [-0.25, -0.2) is 0 Å². The molecule has 0 aliphatic carbocycles. The molecular weight excluding hydrogens is 182 g/mol. The Bertz CT molecular complexity index is 273. The van der Waals surface area contributed by atoms with Crippen molar-refractivity contribution in [3.63, 3.8) is 0 Å². The average Bonchev–Trinajstić information content (AvgIpc) is 2.57. The number of hydrogen-bond acceptors (Lipinski definition) is 3. The molecule has 78 valence electrons. The molecule has 14 heavy (non-hydrogen) atoms. The van der Waals surface area contributed by atoms with Gasteiger partial charge in [0, 0.05) is 19.4 Å². The first-order valence-corrected chi connectivity index (χ1v) is 5.04. The maximum atomic E-state index is 11.3. The predicted octanol–water partition coefficient (Wildman–Crippen LogP) is 0.703. The molecule has 4 nitrogen and oxygen atoms in total. The summed E-state index contributed by atoms with van der Waals surface area (Å²) in [6.45, 7) is 4.54. The van der Waals surface area contributed by atoms with Gasteiger partial charge in [-0.15, -0.1) is 0 Å². The SMILES string of the molecule is CC1OC1(C)CCN1C(=O)CCC1=O. The van der Waals surface area contributed by atoms with Gasteiger partial charge in [0.25, 0.3) is 0 Å². The number of rotatable bonds is 3. The van der Waals surface area contributed by atoms with Crippen molar-refractivity contribution < 1.29 is 14.3 Å². The van der Waals surface area contributed by atoms with Gasteiger partial charge in [-0.05, 0) is 20.3 Å².